The van der Waals surface area contributed by atoms with Gasteiger partial charge in [0, 0.05) is 34.6 Å². The minimum absolute atomic E-state index is 0.0397. The van der Waals surface area contributed by atoms with Gasteiger partial charge in [-0.1, -0.05) is 6.08 Å². The molecule has 0 aliphatic heterocycles. The predicted octanol–water partition coefficient (Wildman–Crippen LogP) is 3.26. The molecular formula is C15H20Cl2N2O3. The quantitative estimate of drug-likeness (QED) is 0.367. The highest BCUT2D eigenvalue weighted by Gasteiger charge is 2.35. The molecule has 122 valence electrons. The lowest BCUT2D eigenvalue weighted by molar-refractivity contribution is -0.526. The van der Waals surface area contributed by atoms with Crippen molar-refractivity contribution in [1.82, 2.24) is 0 Å². The summed E-state index contributed by atoms with van der Waals surface area (Å²) in [6, 6.07) is 1.72. The Morgan fingerprint density at radius 1 is 1.27 bits per heavy atom. The fraction of sp³-hybridized carbons (Fsp3) is 0.800. The third-order valence-corrected chi connectivity index (χ3v) is 5.57. The Hall–Kier alpha value is -0.830. The Labute approximate surface area is 140 Å². The van der Waals surface area contributed by atoms with Crippen molar-refractivity contribution in [1.29, 1.82) is 5.26 Å². The molecule has 1 N–H and O–H groups in total. The summed E-state index contributed by atoms with van der Waals surface area (Å²) in [5, 5.41) is 29.9. The first-order chi connectivity index (χ1) is 10.4. The third-order valence-electron chi connectivity index (χ3n) is 4.78. The number of alkyl halides is 2. The minimum Gasteiger partial charge on any atom is -0.391 e. The van der Waals surface area contributed by atoms with Gasteiger partial charge in [-0.3, -0.25) is 10.1 Å². The number of nitriles is 1. The summed E-state index contributed by atoms with van der Waals surface area (Å²) in [6.45, 7) is 0. The van der Waals surface area contributed by atoms with Crippen LogP contribution in [-0.2, 0) is 0 Å². The molecule has 2 aliphatic rings. The number of aliphatic hydroxyl groups excluding tert-OH is 1. The average molecular weight is 347 g/mol. The molecule has 0 aromatic heterocycles. The van der Waals surface area contributed by atoms with Crippen LogP contribution in [-0.4, -0.2) is 32.9 Å². The van der Waals surface area contributed by atoms with Crippen molar-refractivity contribution in [2.45, 2.75) is 61.4 Å². The summed E-state index contributed by atoms with van der Waals surface area (Å²) in [6.07, 6.45) is 4.54. The molecule has 2 aliphatic carbocycles. The zero-order valence-electron chi connectivity index (χ0n) is 12.2. The molecule has 22 heavy (non-hydrogen) atoms. The molecule has 4 atom stereocenters. The maximum absolute atomic E-state index is 10.8. The molecule has 2 rings (SSSR count). The van der Waals surface area contributed by atoms with Crippen molar-refractivity contribution < 1.29 is 10.0 Å². The fourth-order valence-corrected chi connectivity index (χ4v) is 4.33. The monoisotopic (exact) mass is 346 g/mol. The first-order valence-corrected chi connectivity index (χ1v) is 8.51. The van der Waals surface area contributed by atoms with Gasteiger partial charge in [-0.2, -0.15) is 5.26 Å². The molecule has 0 saturated heterocycles. The topological polar surface area (TPSA) is 87.2 Å². The van der Waals surface area contributed by atoms with Crippen LogP contribution in [0, 0.1) is 33.3 Å². The summed E-state index contributed by atoms with van der Waals surface area (Å²) in [5.74, 6) is -0.181. The number of allylic oxidation sites excluding steroid dienone is 1. The highest BCUT2D eigenvalue weighted by Crippen LogP contribution is 2.36. The van der Waals surface area contributed by atoms with Crippen molar-refractivity contribution in [3.8, 4) is 6.07 Å². The van der Waals surface area contributed by atoms with Crippen LogP contribution in [0.2, 0.25) is 0 Å². The normalized spacial score (nSPS) is 40.0. The zero-order valence-corrected chi connectivity index (χ0v) is 13.7. The molecule has 0 unspecified atom stereocenters. The van der Waals surface area contributed by atoms with Gasteiger partial charge in [0.1, 0.15) is 0 Å². The maximum Gasteiger partial charge on any atom is 0.213 e. The van der Waals surface area contributed by atoms with Gasteiger partial charge in [0.2, 0.25) is 6.04 Å². The van der Waals surface area contributed by atoms with Crippen molar-refractivity contribution >= 4 is 23.2 Å². The largest absolute Gasteiger partial charge is 0.391 e. The van der Waals surface area contributed by atoms with Gasteiger partial charge in [0.25, 0.3) is 0 Å². The minimum atomic E-state index is -0.699. The zero-order chi connectivity index (χ0) is 16.3. The van der Waals surface area contributed by atoms with Crippen LogP contribution in [0.25, 0.3) is 0 Å². The predicted molar refractivity (Wildman–Crippen MR) is 84.4 cm³/mol. The number of hydrogen-bond donors (Lipinski definition) is 1. The van der Waals surface area contributed by atoms with E-state index >= 15 is 0 Å². The standard InChI is InChI=1S/C15H20Cl2N2O3/c16-12-6-10(15(20)14(17)7-12)5-11(8-18)9-1-3-13(4-2-9)19(21)22/h5,9-10,12-15,20H,1-4,6-7H2/b11-5+/t9?,10-,12+,13?,14+,15-/m1/s1. The van der Waals surface area contributed by atoms with E-state index in [1.54, 1.807) is 6.08 Å². The summed E-state index contributed by atoms with van der Waals surface area (Å²) in [4.78, 5) is 10.6. The Kier molecular flexibility index (Phi) is 6.08. The van der Waals surface area contributed by atoms with Crippen molar-refractivity contribution in [3.05, 3.63) is 21.8 Å². The van der Waals surface area contributed by atoms with Gasteiger partial charge in [0.05, 0.1) is 17.6 Å². The molecule has 7 heteroatoms. The molecule has 2 saturated carbocycles. The number of nitro groups is 1. The number of hydrogen-bond acceptors (Lipinski definition) is 4. The van der Waals surface area contributed by atoms with E-state index in [1.165, 1.54) is 0 Å². The Bertz CT molecular complexity index is 484. The van der Waals surface area contributed by atoms with E-state index in [0.29, 0.717) is 44.1 Å². The van der Waals surface area contributed by atoms with Gasteiger partial charge >= 0.3 is 0 Å². The average Bonchev–Trinajstić information content (AvgIpc) is 2.49. The SMILES string of the molecule is N#C/C(=C\[C@@H]1C[C@H](Cl)C[C@H](Cl)[C@@H]1O)C1CCC([N+](=O)[O-])CC1. The van der Waals surface area contributed by atoms with Crippen LogP contribution >= 0.6 is 23.2 Å². The van der Waals surface area contributed by atoms with E-state index in [4.69, 9.17) is 23.2 Å². The summed E-state index contributed by atoms with van der Waals surface area (Å²) < 4.78 is 0. The van der Waals surface area contributed by atoms with Gasteiger partial charge in [0.15, 0.2) is 0 Å². The van der Waals surface area contributed by atoms with Crippen LogP contribution in [0.3, 0.4) is 0 Å². The molecule has 0 radical (unpaired) electrons. The molecular weight excluding hydrogens is 327 g/mol. The van der Waals surface area contributed by atoms with Crippen LogP contribution in [0.4, 0.5) is 0 Å². The Balaban J connectivity index is 2.05. The van der Waals surface area contributed by atoms with E-state index in [2.05, 4.69) is 6.07 Å². The summed E-state index contributed by atoms with van der Waals surface area (Å²) in [7, 11) is 0. The highest BCUT2D eigenvalue weighted by atomic mass is 35.5. The van der Waals surface area contributed by atoms with Gasteiger partial charge in [-0.25, -0.2) is 0 Å². The number of aliphatic hydroxyl groups is 1. The fourth-order valence-electron chi connectivity index (χ4n) is 3.44. The van der Waals surface area contributed by atoms with Crippen molar-refractivity contribution in [2.24, 2.45) is 11.8 Å². The second-order valence-corrected chi connectivity index (χ2v) is 7.44. The lowest BCUT2D eigenvalue weighted by Crippen LogP contribution is -2.38. The maximum atomic E-state index is 10.8. The molecule has 5 nitrogen and oxygen atoms in total. The summed E-state index contributed by atoms with van der Waals surface area (Å²) >= 11 is 12.3. The van der Waals surface area contributed by atoms with Crippen LogP contribution in [0.15, 0.2) is 11.6 Å². The molecule has 0 aromatic carbocycles. The molecule has 0 aromatic rings. The molecule has 0 amide bonds. The molecule has 0 bridgehead atoms. The molecule has 2 fully saturated rings. The number of rotatable bonds is 3. The second kappa shape index (κ2) is 7.63. The van der Waals surface area contributed by atoms with Crippen LogP contribution in [0.5, 0.6) is 0 Å². The summed E-state index contributed by atoms with van der Waals surface area (Å²) in [5.41, 5.74) is 0.612. The van der Waals surface area contributed by atoms with E-state index in [1.807, 2.05) is 0 Å². The van der Waals surface area contributed by atoms with E-state index in [9.17, 15) is 20.5 Å². The van der Waals surface area contributed by atoms with Gasteiger partial charge in [-0.05, 0) is 31.6 Å². The first kappa shape index (κ1) is 17.5. The van der Waals surface area contributed by atoms with E-state index in [0.717, 1.165) is 0 Å². The van der Waals surface area contributed by atoms with E-state index < -0.39 is 17.5 Å². The van der Waals surface area contributed by atoms with Crippen molar-refractivity contribution in [3.63, 3.8) is 0 Å². The highest BCUT2D eigenvalue weighted by molar-refractivity contribution is 6.24. The van der Waals surface area contributed by atoms with Gasteiger partial charge in [-0.15, -0.1) is 23.2 Å². The van der Waals surface area contributed by atoms with E-state index in [-0.39, 0.29) is 22.1 Å². The lowest BCUT2D eigenvalue weighted by Gasteiger charge is -2.33. The van der Waals surface area contributed by atoms with Crippen molar-refractivity contribution in [2.75, 3.05) is 0 Å². The third kappa shape index (κ3) is 4.13. The van der Waals surface area contributed by atoms with Crippen LogP contribution < -0.4 is 0 Å². The molecule has 0 spiro atoms. The second-order valence-electron chi connectivity index (χ2n) is 6.26. The van der Waals surface area contributed by atoms with Crippen LogP contribution in [0.1, 0.15) is 38.5 Å². The first-order valence-electron chi connectivity index (χ1n) is 7.63. The number of halogens is 2. The number of nitrogens with zero attached hydrogens (tertiary/aromatic N) is 2. The molecule has 0 heterocycles. The smallest absolute Gasteiger partial charge is 0.213 e. The Morgan fingerprint density at radius 2 is 1.91 bits per heavy atom. The lowest BCUT2D eigenvalue weighted by atomic mass is 9.78. The Morgan fingerprint density at radius 3 is 2.45 bits per heavy atom. The van der Waals surface area contributed by atoms with Gasteiger partial charge < -0.3 is 5.11 Å².